The molecule has 12 aromatic rings. The van der Waals surface area contributed by atoms with E-state index in [-0.39, 0.29) is 5.69 Å². The molecule has 0 fully saturated rings. The maximum absolute atomic E-state index is 10.00. The maximum atomic E-state index is 10.00. The van der Waals surface area contributed by atoms with E-state index in [0.29, 0.717) is 50.5 Å². The molecule has 0 unspecified atom stereocenters. The summed E-state index contributed by atoms with van der Waals surface area (Å²) in [5.41, 5.74) is 7.70. The summed E-state index contributed by atoms with van der Waals surface area (Å²) in [6, 6.07) is 52.6. The van der Waals surface area contributed by atoms with Gasteiger partial charge in [0.2, 0.25) is 5.89 Å². The summed E-state index contributed by atoms with van der Waals surface area (Å²) in [5.74, 6) is 0.297. The monoisotopic (exact) mass is 827 g/mol. The predicted molar refractivity (Wildman–Crippen MR) is 262 cm³/mol. The van der Waals surface area contributed by atoms with Crippen LogP contribution in [0.4, 0.5) is 17.1 Å². The third-order valence-corrected chi connectivity index (χ3v) is 12.5. The molecule has 0 aliphatic heterocycles. The van der Waals surface area contributed by atoms with Crippen LogP contribution >= 0.6 is 0 Å². The van der Waals surface area contributed by atoms with Gasteiger partial charge < -0.3 is 13.7 Å². The highest BCUT2D eigenvalue weighted by molar-refractivity contribution is 6.21. The molecule has 4 nitrogen and oxygen atoms in total. The summed E-state index contributed by atoms with van der Waals surface area (Å²) in [7, 11) is 0. The van der Waals surface area contributed by atoms with Gasteiger partial charge in [0.05, 0.1) is 23.4 Å². The highest BCUT2D eigenvalue weighted by Crippen LogP contribution is 2.57. The lowest BCUT2D eigenvalue weighted by Crippen LogP contribution is -2.28. The fourth-order valence-electron chi connectivity index (χ4n) is 9.81. The molecule has 0 saturated carbocycles. The standard InChI is InChI=1S/C60H38N2O2/c1-3-16-39(17-4-1)40-30-33-45(34-31-40)62(46-22-15-21-44(38-46)60(43-19-5-2-6-20-43)51-26-11-9-24-48(51)49-25-10-12-27-52(49)60)54-37-42(59-61-53-28-13-14-29-55(53)64-59)36-50-57-47-23-8-7-18-41(47)32-35-56(57)63-58(50)54/h1-38H/i1D,3D,4D,16D,17D,30D,31D,33D,34D. The van der Waals surface area contributed by atoms with Crippen LogP contribution in [-0.4, -0.2) is 4.98 Å². The zero-order valence-electron chi connectivity index (χ0n) is 43.0. The molecule has 13 rings (SSSR count). The van der Waals surface area contributed by atoms with Crippen molar-refractivity contribution in [1.82, 2.24) is 4.98 Å². The van der Waals surface area contributed by atoms with Gasteiger partial charge in [-0.05, 0) is 110 Å². The van der Waals surface area contributed by atoms with Crippen LogP contribution in [0.25, 0.3) is 77.5 Å². The summed E-state index contributed by atoms with van der Waals surface area (Å²) < 4.78 is 95.7. The summed E-state index contributed by atoms with van der Waals surface area (Å²) in [5, 5.41) is 3.37. The number of benzene rings is 10. The number of nitrogens with zero attached hydrogens (tertiary/aromatic N) is 2. The molecule has 0 N–H and O–H groups in total. The van der Waals surface area contributed by atoms with E-state index in [1.165, 1.54) is 0 Å². The SMILES string of the molecule is [2H]c1c([2H])c([2H])c(-c2c([2H])c([2H])c(N(c3cccc(C4(c5ccccc5)c5ccccc5-c5ccccc54)c3)c3cc(-c4nc5ccccc5o4)cc4c3oc3ccc5ccccc5c34)c([2H])c2[2H])c([2H])c1[2H]. The van der Waals surface area contributed by atoms with Gasteiger partial charge in [-0.15, -0.1) is 0 Å². The van der Waals surface area contributed by atoms with Crippen molar-refractivity contribution in [2.45, 2.75) is 5.41 Å². The van der Waals surface area contributed by atoms with Gasteiger partial charge in [0.15, 0.2) is 11.2 Å². The molecule has 0 spiro atoms. The second-order valence-electron chi connectivity index (χ2n) is 15.9. The van der Waals surface area contributed by atoms with Crippen molar-refractivity contribution < 1.29 is 21.2 Å². The normalized spacial score (nSPS) is 14.8. The van der Waals surface area contributed by atoms with Crippen LogP contribution in [0.3, 0.4) is 0 Å². The third kappa shape index (κ3) is 5.46. The second-order valence-corrected chi connectivity index (χ2v) is 15.9. The molecule has 2 heterocycles. The average Bonchev–Trinajstić information content (AvgIpc) is 4.13. The first-order chi connectivity index (χ1) is 35.5. The topological polar surface area (TPSA) is 42.4 Å². The number of aromatic nitrogens is 1. The van der Waals surface area contributed by atoms with Crippen molar-refractivity contribution in [3.63, 3.8) is 0 Å². The predicted octanol–water partition coefficient (Wildman–Crippen LogP) is 16.0. The quantitative estimate of drug-likeness (QED) is 0.160. The molecule has 0 bridgehead atoms. The van der Waals surface area contributed by atoms with Crippen molar-refractivity contribution >= 4 is 60.9 Å². The Hall–Kier alpha value is -8.47. The molecule has 2 aromatic heterocycles. The Morgan fingerprint density at radius 1 is 0.469 bits per heavy atom. The number of oxazole rings is 1. The van der Waals surface area contributed by atoms with Gasteiger partial charge in [0, 0.05) is 27.7 Å². The molecule has 1 aliphatic rings. The van der Waals surface area contributed by atoms with Gasteiger partial charge in [-0.2, -0.15) is 0 Å². The summed E-state index contributed by atoms with van der Waals surface area (Å²) in [6.07, 6.45) is 0. The number of hydrogen-bond donors (Lipinski definition) is 0. The maximum Gasteiger partial charge on any atom is 0.227 e. The Labute approximate surface area is 382 Å². The molecular formula is C60H38N2O2. The van der Waals surface area contributed by atoms with E-state index in [9.17, 15) is 5.48 Å². The van der Waals surface area contributed by atoms with Crippen LogP contribution in [-0.2, 0) is 5.41 Å². The molecule has 300 valence electrons. The fourth-order valence-corrected chi connectivity index (χ4v) is 9.81. The smallest absolute Gasteiger partial charge is 0.227 e. The third-order valence-electron chi connectivity index (χ3n) is 12.5. The van der Waals surface area contributed by atoms with E-state index in [1.54, 1.807) is 4.90 Å². The van der Waals surface area contributed by atoms with Crippen LogP contribution in [0.1, 0.15) is 34.6 Å². The Morgan fingerprint density at radius 3 is 1.95 bits per heavy atom. The number of rotatable bonds is 7. The van der Waals surface area contributed by atoms with Crippen LogP contribution in [0, 0.1) is 0 Å². The molecular weight excluding hydrogens is 781 g/mol. The summed E-state index contributed by atoms with van der Waals surface area (Å²) in [6.45, 7) is 0. The minimum absolute atomic E-state index is 0.175. The number of hydrogen-bond acceptors (Lipinski definition) is 4. The van der Waals surface area contributed by atoms with Gasteiger partial charge in [0.25, 0.3) is 0 Å². The lowest BCUT2D eigenvalue weighted by atomic mass is 9.67. The first kappa shape index (κ1) is 28.2. The molecule has 1 aliphatic carbocycles. The van der Waals surface area contributed by atoms with Gasteiger partial charge in [-0.25, -0.2) is 4.98 Å². The highest BCUT2D eigenvalue weighted by atomic mass is 16.3. The molecule has 10 aromatic carbocycles. The largest absolute Gasteiger partial charge is 0.454 e. The van der Waals surface area contributed by atoms with Gasteiger partial charge in [-0.3, -0.25) is 0 Å². The van der Waals surface area contributed by atoms with E-state index >= 15 is 0 Å². The van der Waals surface area contributed by atoms with Crippen molar-refractivity contribution in [1.29, 1.82) is 0 Å². The number of anilines is 3. The minimum Gasteiger partial charge on any atom is -0.454 e. The molecule has 0 amide bonds. The van der Waals surface area contributed by atoms with Gasteiger partial charge in [0.1, 0.15) is 11.1 Å². The lowest BCUT2D eigenvalue weighted by Gasteiger charge is -2.35. The van der Waals surface area contributed by atoms with E-state index in [4.69, 9.17) is 20.7 Å². The number of furan rings is 1. The molecule has 64 heavy (non-hydrogen) atoms. The first-order valence-corrected chi connectivity index (χ1v) is 21.0. The van der Waals surface area contributed by atoms with Gasteiger partial charge >= 0.3 is 0 Å². The molecule has 0 atom stereocenters. The zero-order chi connectivity index (χ0) is 50.0. The summed E-state index contributed by atoms with van der Waals surface area (Å²) >= 11 is 0. The van der Waals surface area contributed by atoms with E-state index in [2.05, 4.69) is 42.5 Å². The van der Waals surface area contributed by atoms with Crippen LogP contribution in [0.15, 0.2) is 239 Å². The number of para-hydroxylation sites is 2. The number of fused-ring (bicyclic) bond motifs is 9. The van der Waals surface area contributed by atoms with E-state index in [0.717, 1.165) is 49.5 Å². The van der Waals surface area contributed by atoms with Crippen molar-refractivity contribution in [3.05, 3.63) is 253 Å². The Bertz CT molecular complexity index is 4160. The average molecular weight is 828 g/mol. The Kier molecular flexibility index (Phi) is 6.30. The van der Waals surface area contributed by atoms with Crippen LogP contribution in [0.5, 0.6) is 0 Å². The molecule has 0 radical (unpaired) electrons. The van der Waals surface area contributed by atoms with E-state index < -0.39 is 70.9 Å². The van der Waals surface area contributed by atoms with Crippen LogP contribution < -0.4 is 4.90 Å². The highest BCUT2D eigenvalue weighted by Gasteiger charge is 2.46. The van der Waals surface area contributed by atoms with Crippen molar-refractivity contribution in [3.8, 4) is 33.7 Å². The fraction of sp³-hybridized carbons (Fsp3) is 0.0167. The first-order valence-electron chi connectivity index (χ1n) is 25.5. The second kappa shape index (κ2) is 14.3. The van der Waals surface area contributed by atoms with Crippen molar-refractivity contribution in [2.75, 3.05) is 4.90 Å². The van der Waals surface area contributed by atoms with E-state index in [1.807, 2.05) is 133 Å². The lowest BCUT2D eigenvalue weighted by molar-refractivity contribution is 0.620. The zero-order valence-corrected chi connectivity index (χ0v) is 34.0. The van der Waals surface area contributed by atoms with Crippen LogP contribution in [0.2, 0.25) is 0 Å². The Morgan fingerprint density at radius 2 is 1.16 bits per heavy atom. The minimum atomic E-state index is -0.872. The van der Waals surface area contributed by atoms with Crippen molar-refractivity contribution in [2.24, 2.45) is 0 Å². The molecule has 4 heteroatoms. The van der Waals surface area contributed by atoms with Gasteiger partial charge in [-0.1, -0.05) is 176 Å². The molecule has 0 saturated heterocycles. The Balaban J connectivity index is 1.17. The summed E-state index contributed by atoms with van der Waals surface area (Å²) in [4.78, 5) is 6.61.